The minimum atomic E-state index is -0.0870. The van der Waals surface area contributed by atoms with Crippen LogP contribution < -0.4 is 10.6 Å². The van der Waals surface area contributed by atoms with Gasteiger partial charge in [0.2, 0.25) is 5.91 Å². The first-order valence-electron chi connectivity index (χ1n) is 7.79. The second-order valence-corrected chi connectivity index (χ2v) is 7.25. The minimum Gasteiger partial charge on any atom is -0.351 e. The van der Waals surface area contributed by atoms with Crippen LogP contribution >= 0.6 is 0 Å². The fourth-order valence-electron chi connectivity index (χ4n) is 3.55. The van der Waals surface area contributed by atoms with Gasteiger partial charge in [-0.25, -0.2) is 0 Å². The summed E-state index contributed by atoms with van der Waals surface area (Å²) in [6.45, 7) is 12.8. The van der Waals surface area contributed by atoms with Crippen LogP contribution in [0.4, 0.5) is 0 Å². The first kappa shape index (κ1) is 16.5. The lowest BCUT2D eigenvalue weighted by molar-refractivity contribution is -0.120. The van der Waals surface area contributed by atoms with E-state index in [1.807, 2.05) is 0 Å². The van der Waals surface area contributed by atoms with E-state index in [0.29, 0.717) is 0 Å². The molecule has 0 spiro atoms. The molecule has 0 saturated carbocycles. The van der Waals surface area contributed by atoms with Crippen LogP contribution in [-0.4, -0.2) is 24.5 Å². The highest BCUT2D eigenvalue weighted by Gasteiger charge is 2.30. The maximum absolute atomic E-state index is 11.3. The Kier molecular flexibility index (Phi) is 6.31. The summed E-state index contributed by atoms with van der Waals surface area (Å²) in [5, 5.41) is 6.56. The number of amides is 1. The molecule has 1 atom stereocenters. The van der Waals surface area contributed by atoms with Gasteiger partial charge in [-0.15, -0.1) is 0 Å². The van der Waals surface area contributed by atoms with Crippen molar-refractivity contribution in [3.8, 4) is 0 Å². The maximum Gasteiger partial charge on any atom is 0.217 e. The second kappa shape index (κ2) is 7.28. The lowest BCUT2D eigenvalue weighted by Crippen LogP contribution is -2.45. The Morgan fingerprint density at radius 1 is 1.32 bits per heavy atom. The van der Waals surface area contributed by atoms with Crippen LogP contribution in [0.2, 0.25) is 0 Å². The van der Waals surface area contributed by atoms with Gasteiger partial charge in [-0.2, -0.15) is 0 Å². The number of carbonyl (C=O) groups is 1. The van der Waals surface area contributed by atoms with Gasteiger partial charge in [0, 0.05) is 12.5 Å². The van der Waals surface area contributed by atoms with Crippen molar-refractivity contribution in [2.45, 2.75) is 65.8 Å². The van der Waals surface area contributed by atoms with Gasteiger partial charge < -0.3 is 10.6 Å². The van der Waals surface area contributed by atoms with Crippen LogP contribution in [0.5, 0.6) is 0 Å². The highest BCUT2D eigenvalue weighted by Crippen LogP contribution is 2.33. The average Bonchev–Trinajstić information content (AvgIpc) is 2.26. The van der Waals surface area contributed by atoms with Crippen LogP contribution in [0.3, 0.4) is 0 Å². The number of hydrogen-bond donors (Lipinski definition) is 2. The second-order valence-electron chi connectivity index (χ2n) is 7.25. The Labute approximate surface area is 118 Å². The quantitative estimate of drug-likeness (QED) is 0.777. The SMILES string of the molecule is CC(=O)NC(C)(C)C[C@@H](CC(C)C)C1CCNCC1. The highest BCUT2D eigenvalue weighted by molar-refractivity contribution is 5.73. The molecule has 3 heteroatoms. The van der Waals surface area contributed by atoms with Crippen molar-refractivity contribution in [3.63, 3.8) is 0 Å². The number of nitrogens with one attached hydrogen (secondary N) is 2. The number of piperidine rings is 1. The van der Waals surface area contributed by atoms with E-state index in [1.54, 1.807) is 6.92 Å². The average molecular weight is 268 g/mol. The summed E-state index contributed by atoms with van der Waals surface area (Å²) in [5.41, 5.74) is -0.0870. The molecule has 0 aromatic carbocycles. The number of rotatable bonds is 6. The van der Waals surface area contributed by atoms with E-state index in [4.69, 9.17) is 0 Å². The van der Waals surface area contributed by atoms with Gasteiger partial charge >= 0.3 is 0 Å². The van der Waals surface area contributed by atoms with Crippen molar-refractivity contribution in [2.24, 2.45) is 17.8 Å². The number of hydrogen-bond acceptors (Lipinski definition) is 2. The van der Waals surface area contributed by atoms with Crippen molar-refractivity contribution in [1.29, 1.82) is 0 Å². The highest BCUT2D eigenvalue weighted by atomic mass is 16.1. The molecule has 0 unspecified atom stereocenters. The number of carbonyl (C=O) groups excluding carboxylic acids is 1. The third kappa shape index (κ3) is 6.42. The summed E-state index contributed by atoms with van der Waals surface area (Å²) < 4.78 is 0. The molecule has 1 fully saturated rings. The molecule has 1 rings (SSSR count). The molecule has 0 radical (unpaired) electrons. The van der Waals surface area contributed by atoms with Crippen LogP contribution in [-0.2, 0) is 4.79 Å². The van der Waals surface area contributed by atoms with Gasteiger partial charge in [-0.3, -0.25) is 4.79 Å². The molecule has 1 amide bonds. The van der Waals surface area contributed by atoms with Gasteiger partial charge in [-0.1, -0.05) is 13.8 Å². The van der Waals surface area contributed by atoms with E-state index in [9.17, 15) is 4.79 Å². The topological polar surface area (TPSA) is 41.1 Å². The third-order valence-electron chi connectivity index (χ3n) is 4.11. The molecular formula is C16H32N2O. The Morgan fingerprint density at radius 2 is 1.89 bits per heavy atom. The molecule has 112 valence electrons. The van der Waals surface area contributed by atoms with Gasteiger partial charge in [0.15, 0.2) is 0 Å². The monoisotopic (exact) mass is 268 g/mol. The predicted octanol–water partition coefficient (Wildman–Crippen LogP) is 2.95. The summed E-state index contributed by atoms with van der Waals surface area (Å²) >= 11 is 0. The lowest BCUT2D eigenvalue weighted by atomic mass is 9.74. The molecular weight excluding hydrogens is 236 g/mol. The molecule has 0 bridgehead atoms. The van der Waals surface area contributed by atoms with Crippen LogP contribution in [0, 0.1) is 17.8 Å². The van der Waals surface area contributed by atoms with E-state index in [1.165, 1.54) is 19.3 Å². The van der Waals surface area contributed by atoms with Gasteiger partial charge in [0.05, 0.1) is 0 Å². The Hall–Kier alpha value is -0.570. The molecule has 3 nitrogen and oxygen atoms in total. The van der Waals surface area contributed by atoms with Crippen LogP contribution in [0.1, 0.15) is 60.3 Å². The predicted molar refractivity (Wildman–Crippen MR) is 81.1 cm³/mol. The summed E-state index contributed by atoms with van der Waals surface area (Å²) in [4.78, 5) is 11.3. The molecule has 1 aliphatic rings. The van der Waals surface area contributed by atoms with Crippen molar-refractivity contribution < 1.29 is 4.79 Å². The molecule has 0 aliphatic carbocycles. The van der Waals surface area contributed by atoms with E-state index < -0.39 is 0 Å². The fraction of sp³-hybridized carbons (Fsp3) is 0.938. The Bertz CT molecular complexity index is 280. The van der Waals surface area contributed by atoms with E-state index in [2.05, 4.69) is 38.3 Å². The summed E-state index contributed by atoms with van der Waals surface area (Å²) in [6, 6.07) is 0. The van der Waals surface area contributed by atoms with Gasteiger partial charge in [-0.05, 0) is 70.4 Å². The standard InChI is InChI=1S/C16H32N2O/c1-12(2)10-15(14-6-8-17-9-7-14)11-16(4,5)18-13(3)19/h12,14-15,17H,6-11H2,1-5H3,(H,18,19)/t15-/m1/s1. The lowest BCUT2D eigenvalue weighted by Gasteiger charge is -2.37. The van der Waals surface area contributed by atoms with Crippen molar-refractivity contribution in [3.05, 3.63) is 0 Å². The minimum absolute atomic E-state index is 0.0820. The van der Waals surface area contributed by atoms with E-state index in [-0.39, 0.29) is 11.4 Å². The molecule has 19 heavy (non-hydrogen) atoms. The Balaban J connectivity index is 2.64. The van der Waals surface area contributed by atoms with Gasteiger partial charge in [0.25, 0.3) is 0 Å². The Morgan fingerprint density at radius 3 is 2.37 bits per heavy atom. The zero-order chi connectivity index (χ0) is 14.5. The maximum atomic E-state index is 11.3. The molecule has 1 heterocycles. The zero-order valence-corrected chi connectivity index (χ0v) is 13.4. The molecule has 1 saturated heterocycles. The smallest absolute Gasteiger partial charge is 0.217 e. The summed E-state index contributed by atoms with van der Waals surface area (Å²) in [6.07, 6.45) is 4.93. The molecule has 2 N–H and O–H groups in total. The zero-order valence-electron chi connectivity index (χ0n) is 13.4. The normalized spacial score (nSPS) is 19.5. The first-order valence-corrected chi connectivity index (χ1v) is 7.79. The van der Waals surface area contributed by atoms with Crippen LogP contribution in [0.15, 0.2) is 0 Å². The molecule has 0 aromatic heterocycles. The largest absolute Gasteiger partial charge is 0.351 e. The van der Waals surface area contributed by atoms with E-state index >= 15 is 0 Å². The van der Waals surface area contributed by atoms with Crippen molar-refractivity contribution >= 4 is 5.91 Å². The fourth-order valence-corrected chi connectivity index (χ4v) is 3.55. The van der Waals surface area contributed by atoms with Crippen molar-refractivity contribution in [1.82, 2.24) is 10.6 Å². The third-order valence-corrected chi connectivity index (χ3v) is 4.11. The van der Waals surface area contributed by atoms with Gasteiger partial charge in [0.1, 0.15) is 0 Å². The molecule has 1 aliphatic heterocycles. The summed E-state index contributed by atoms with van der Waals surface area (Å²) in [7, 11) is 0. The summed E-state index contributed by atoms with van der Waals surface area (Å²) in [5.74, 6) is 2.35. The first-order chi connectivity index (χ1) is 8.80. The van der Waals surface area contributed by atoms with E-state index in [0.717, 1.165) is 37.3 Å². The van der Waals surface area contributed by atoms with Crippen LogP contribution in [0.25, 0.3) is 0 Å². The van der Waals surface area contributed by atoms with Crippen molar-refractivity contribution in [2.75, 3.05) is 13.1 Å². The molecule has 0 aromatic rings.